The van der Waals surface area contributed by atoms with Crippen LogP contribution in [0.3, 0.4) is 0 Å². The van der Waals surface area contributed by atoms with Crippen LogP contribution in [0, 0.1) is 0 Å². The first-order valence-electron chi connectivity index (χ1n) is 6.46. The average molecular weight is 296 g/mol. The normalized spacial score (nSPS) is 22.9. The van der Waals surface area contributed by atoms with E-state index < -0.39 is 36.0 Å². The number of carbonyl (C=O) groups excluding carboxylic acids is 2. The van der Waals surface area contributed by atoms with Crippen molar-refractivity contribution in [1.82, 2.24) is 10.2 Å². The number of carboxylic acid groups (broad SMARTS) is 1. The summed E-state index contributed by atoms with van der Waals surface area (Å²) in [6.45, 7) is 1.39. The van der Waals surface area contributed by atoms with Gasteiger partial charge in [0, 0.05) is 13.0 Å². The quantitative estimate of drug-likeness (QED) is 0.685. The van der Waals surface area contributed by atoms with Crippen molar-refractivity contribution < 1.29 is 29.0 Å². The zero-order valence-corrected chi connectivity index (χ0v) is 11.4. The fraction of sp³-hybridized carbons (Fsp3) is 0.462. The van der Waals surface area contributed by atoms with Crippen molar-refractivity contribution >= 4 is 17.8 Å². The molecule has 8 heteroatoms. The van der Waals surface area contributed by atoms with E-state index in [1.54, 1.807) is 6.07 Å². The minimum Gasteiger partial charge on any atom is -0.480 e. The first kappa shape index (κ1) is 15.0. The molecule has 8 nitrogen and oxygen atoms in total. The number of rotatable bonds is 4. The molecule has 0 saturated carbocycles. The summed E-state index contributed by atoms with van der Waals surface area (Å²) in [5, 5.41) is 21.0. The van der Waals surface area contributed by atoms with E-state index in [4.69, 9.17) is 9.52 Å². The van der Waals surface area contributed by atoms with Crippen molar-refractivity contribution in [2.24, 2.45) is 0 Å². The van der Waals surface area contributed by atoms with Gasteiger partial charge in [-0.05, 0) is 19.1 Å². The summed E-state index contributed by atoms with van der Waals surface area (Å²) in [7, 11) is 0. The van der Waals surface area contributed by atoms with Crippen molar-refractivity contribution in [2.75, 3.05) is 6.54 Å². The van der Waals surface area contributed by atoms with Crippen molar-refractivity contribution in [1.29, 1.82) is 0 Å². The molecule has 1 saturated heterocycles. The minimum absolute atomic E-state index is 0.0140. The van der Waals surface area contributed by atoms with Gasteiger partial charge in [0.15, 0.2) is 5.76 Å². The van der Waals surface area contributed by atoms with Gasteiger partial charge in [0.2, 0.25) is 5.91 Å². The van der Waals surface area contributed by atoms with E-state index in [0.29, 0.717) is 0 Å². The highest BCUT2D eigenvalue weighted by Gasteiger charge is 2.40. The number of likely N-dealkylation sites (tertiary alicyclic amines) is 1. The molecule has 3 atom stereocenters. The second-order valence-corrected chi connectivity index (χ2v) is 4.91. The molecule has 1 fully saturated rings. The van der Waals surface area contributed by atoms with Crippen molar-refractivity contribution in [2.45, 2.75) is 31.5 Å². The van der Waals surface area contributed by atoms with E-state index in [2.05, 4.69) is 5.32 Å². The molecule has 3 N–H and O–H groups in total. The van der Waals surface area contributed by atoms with Crippen LogP contribution in [-0.2, 0) is 9.59 Å². The van der Waals surface area contributed by atoms with Crippen molar-refractivity contribution in [3.8, 4) is 0 Å². The Kier molecular flexibility index (Phi) is 4.27. The van der Waals surface area contributed by atoms with Crippen molar-refractivity contribution in [3.05, 3.63) is 24.2 Å². The third-order valence-electron chi connectivity index (χ3n) is 3.31. The van der Waals surface area contributed by atoms with Crippen LogP contribution >= 0.6 is 0 Å². The van der Waals surface area contributed by atoms with Gasteiger partial charge in [-0.15, -0.1) is 0 Å². The Bertz CT molecular complexity index is 541. The lowest BCUT2D eigenvalue weighted by Crippen LogP contribution is -2.50. The maximum atomic E-state index is 12.2. The summed E-state index contributed by atoms with van der Waals surface area (Å²) < 4.78 is 4.91. The third kappa shape index (κ3) is 3.22. The highest BCUT2D eigenvalue weighted by atomic mass is 16.4. The second-order valence-electron chi connectivity index (χ2n) is 4.91. The highest BCUT2D eigenvalue weighted by molar-refractivity contribution is 5.96. The number of aliphatic carboxylic acids is 1. The van der Waals surface area contributed by atoms with E-state index >= 15 is 0 Å². The van der Waals surface area contributed by atoms with E-state index in [0.717, 1.165) is 4.90 Å². The third-order valence-corrected chi connectivity index (χ3v) is 3.31. The fourth-order valence-electron chi connectivity index (χ4n) is 2.28. The van der Waals surface area contributed by atoms with E-state index in [9.17, 15) is 19.5 Å². The number of aliphatic hydroxyl groups excluding tert-OH is 1. The van der Waals surface area contributed by atoms with Gasteiger partial charge >= 0.3 is 5.97 Å². The van der Waals surface area contributed by atoms with Crippen LogP contribution in [0.4, 0.5) is 0 Å². The number of nitrogens with one attached hydrogen (secondary N) is 1. The summed E-state index contributed by atoms with van der Waals surface area (Å²) >= 11 is 0. The molecule has 21 heavy (non-hydrogen) atoms. The van der Waals surface area contributed by atoms with E-state index in [-0.39, 0.29) is 18.7 Å². The van der Waals surface area contributed by atoms with E-state index in [1.807, 2.05) is 0 Å². The monoisotopic (exact) mass is 296 g/mol. The summed E-state index contributed by atoms with van der Waals surface area (Å²) in [5.41, 5.74) is 0. The van der Waals surface area contributed by atoms with Gasteiger partial charge in [-0.2, -0.15) is 0 Å². The number of aliphatic hydroxyl groups is 1. The Morgan fingerprint density at radius 3 is 2.76 bits per heavy atom. The number of furan rings is 1. The van der Waals surface area contributed by atoms with Crippen LogP contribution in [-0.4, -0.2) is 57.6 Å². The Morgan fingerprint density at radius 1 is 1.48 bits per heavy atom. The number of β-amino-alcohol motifs (C(OH)–C–C–N with tert-alkyl or cyclic N) is 1. The Hall–Kier alpha value is -2.35. The highest BCUT2D eigenvalue weighted by Crippen LogP contribution is 2.19. The minimum atomic E-state index is -1.18. The molecule has 1 aliphatic heterocycles. The molecular formula is C13H16N2O6. The zero-order chi connectivity index (χ0) is 15.6. The lowest BCUT2D eigenvalue weighted by Gasteiger charge is -2.24. The summed E-state index contributed by atoms with van der Waals surface area (Å²) in [6.07, 6.45) is 0.446. The predicted molar refractivity (Wildman–Crippen MR) is 69.4 cm³/mol. The molecule has 0 spiro atoms. The number of carboxylic acids is 1. The maximum Gasteiger partial charge on any atom is 0.326 e. The number of amides is 2. The number of carbonyl (C=O) groups is 3. The molecule has 1 unspecified atom stereocenters. The summed E-state index contributed by atoms with van der Waals surface area (Å²) in [5.74, 6) is -2.23. The molecule has 0 bridgehead atoms. The molecule has 0 aliphatic carbocycles. The Labute approximate surface area is 120 Å². The molecule has 0 aromatic carbocycles. The largest absolute Gasteiger partial charge is 0.480 e. The first-order valence-corrected chi connectivity index (χ1v) is 6.46. The van der Waals surface area contributed by atoms with Gasteiger partial charge < -0.3 is 24.8 Å². The molecule has 2 heterocycles. The average Bonchev–Trinajstić information content (AvgIpc) is 3.06. The van der Waals surface area contributed by atoms with Gasteiger partial charge in [0.1, 0.15) is 12.1 Å². The van der Waals surface area contributed by atoms with Crippen LogP contribution in [0.15, 0.2) is 22.8 Å². The van der Waals surface area contributed by atoms with E-state index in [1.165, 1.54) is 19.3 Å². The molecular weight excluding hydrogens is 280 g/mol. The SMILES string of the molecule is CC(NC(=O)c1ccco1)C(=O)N1C[C@@H](O)C[C@H]1C(=O)O. The van der Waals surface area contributed by atoms with Gasteiger partial charge in [-0.1, -0.05) is 0 Å². The van der Waals surface area contributed by atoms with Gasteiger partial charge in [0.05, 0.1) is 12.4 Å². The van der Waals surface area contributed by atoms with Gasteiger partial charge in [0.25, 0.3) is 5.91 Å². The number of nitrogens with zero attached hydrogens (tertiary/aromatic N) is 1. The van der Waals surface area contributed by atoms with Gasteiger partial charge in [-0.25, -0.2) is 4.79 Å². The molecule has 1 aromatic rings. The smallest absolute Gasteiger partial charge is 0.326 e. The molecule has 2 amide bonds. The molecule has 2 rings (SSSR count). The second kappa shape index (κ2) is 5.96. The van der Waals surface area contributed by atoms with Crippen LogP contribution in [0.5, 0.6) is 0 Å². The lowest BCUT2D eigenvalue weighted by molar-refractivity contribution is -0.148. The first-order chi connectivity index (χ1) is 9.90. The standard InChI is InChI=1S/C13H16N2O6/c1-7(14-11(17)10-3-2-4-21-10)12(18)15-6-8(16)5-9(15)13(19)20/h2-4,7-9,16H,5-6H2,1H3,(H,14,17)(H,19,20)/t7?,8-,9-/m0/s1. The Morgan fingerprint density at radius 2 is 2.19 bits per heavy atom. The van der Waals surface area contributed by atoms with Crippen LogP contribution in [0.25, 0.3) is 0 Å². The number of hydrogen-bond acceptors (Lipinski definition) is 5. The molecule has 114 valence electrons. The van der Waals surface area contributed by atoms with Gasteiger partial charge in [-0.3, -0.25) is 9.59 Å². The van der Waals surface area contributed by atoms with Crippen molar-refractivity contribution in [3.63, 3.8) is 0 Å². The maximum absolute atomic E-state index is 12.2. The van der Waals surface area contributed by atoms with Crippen LogP contribution in [0.2, 0.25) is 0 Å². The lowest BCUT2D eigenvalue weighted by atomic mass is 10.2. The predicted octanol–water partition coefficient (Wildman–Crippen LogP) is -0.556. The fourth-order valence-corrected chi connectivity index (χ4v) is 2.28. The zero-order valence-electron chi connectivity index (χ0n) is 11.4. The van der Waals surface area contributed by atoms with Crippen LogP contribution < -0.4 is 5.32 Å². The summed E-state index contributed by atoms with van der Waals surface area (Å²) in [4.78, 5) is 36.1. The molecule has 1 aliphatic rings. The molecule has 1 aromatic heterocycles. The topological polar surface area (TPSA) is 120 Å². The number of hydrogen-bond donors (Lipinski definition) is 3. The summed E-state index contributed by atoms with van der Waals surface area (Å²) in [6, 6.07) is 0.996. The van der Waals surface area contributed by atoms with Crippen LogP contribution in [0.1, 0.15) is 23.9 Å². The Balaban J connectivity index is 2.02. The molecule has 0 radical (unpaired) electrons.